The molecule has 3 aromatic rings. The van der Waals surface area contributed by atoms with Gasteiger partial charge in [-0.15, -0.1) is 0 Å². The average molecular weight is 511 g/mol. The smallest absolute Gasteiger partial charge is 1.00 e. The minimum atomic E-state index is -1.07. The van der Waals surface area contributed by atoms with Crippen LogP contribution in [-0.4, -0.2) is 0 Å². The third kappa shape index (κ3) is 5.18. The Balaban J connectivity index is 0.00000171. The minimum absolute atomic E-state index is 0. The molecule has 2 heterocycles. The van der Waals surface area contributed by atoms with Gasteiger partial charge in [0.25, 0.3) is 0 Å². The molecule has 0 radical (unpaired) electrons. The largest absolute Gasteiger partial charge is 1.00 e. The molecule has 0 unspecified atom stereocenters. The van der Waals surface area contributed by atoms with Crippen LogP contribution in [0.15, 0.2) is 53.9 Å². The summed E-state index contributed by atoms with van der Waals surface area (Å²) in [6.45, 7) is 13.5. The molecule has 0 N–H and O–H groups in total. The molecular weight excluding hydrogens is 483 g/mol. The van der Waals surface area contributed by atoms with Crippen molar-refractivity contribution in [2.45, 2.75) is 58.3 Å². The number of hydrogen-bond donors (Lipinski definition) is 0. The maximum absolute atomic E-state index is 6.45. The average Bonchev–Trinajstić information content (AvgIpc) is 3.14. The zero-order valence-electron chi connectivity index (χ0n) is 18.8. The number of rotatable bonds is 1. The van der Waals surface area contributed by atoms with Gasteiger partial charge >= 0.3 is 189 Å². The second kappa shape index (κ2) is 9.89. The van der Waals surface area contributed by atoms with E-state index in [0.717, 1.165) is 11.5 Å². The van der Waals surface area contributed by atoms with Crippen LogP contribution < -0.4 is 31.5 Å². The van der Waals surface area contributed by atoms with Crippen molar-refractivity contribution in [2.24, 2.45) is 0 Å². The van der Waals surface area contributed by atoms with Gasteiger partial charge in [-0.25, -0.2) is 0 Å². The van der Waals surface area contributed by atoms with E-state index in [4.69, 9.17) is 6.64 Å². The third-order valence-corrected chi connectivity index (χ3v) is 7.28. The van der Waals surface area contributed by atoms with Gasteiger partial charge in [-0.2, -0.15) is 0 Å². The molecule has 0 saturated carbocycles. The van der Waals surface area contributed by atoms with Gasteiger partial charge in [-0.1, -0.05) is 0 Å². The maximum atomic E-state index is 6.45. The first-order chi connectivity index (χ1) is 13.7. The third-order valence-electron chi connectivity index (χ3n) is 5.44. The van der Waals surface area contributed by atoms with Gasteiger partial charge in [-0.05, 0) is 0 Å². The molecule has 0 atom stereocenters. The Bertz CT molecular complexity index is 955. The normalized spacial score (nSPS) is 13.4. The minimum Gasteiger partial charge on any atom is -1.00 e. The molecule has 31 heavy (non-hydrogen) atoms. The van der Waals surface area contributed by atoms with Crippen LogP contribution in [0.3, 0.4) is 0 Å². The Morgan fingerprint density at radius 2 is 1.19 bits per heavy atom. The van der Waals surface area contributed by atoms with Crippen LogP contribution in [-0.2, 0) is 30.8 Å². The van der Waals surface area contributed by atoms with Crippen LogP contribution in [0.2, 0.25) is 0 Å². The van der Waals surface area contributed by atoms with Crippen molar-refractivity contribution in [3.8, 4) is 11.5 Å². The molecule has 4 rings (SSSR count). The Morgan fingerprint density at radius 3 is 1.58 bits per heavy atom. The Hall–Kier alpha value is -0.966. The van der Waals surface area contributed by atoms with E-state index in [1.54, 1.807) is 11.3 Å². The van der Waals surface area contributed by atoms with Gasteiger partial charge in [0, 0.05) is 0 Å². The number of hydrogen-bond acceptors (Lipinski definition) is 3. The van der Waals surface area contributed by atoms with Crippen molar-refractivity contribution < 1.29 is 51.4 Å². The first-order valence-electron chi connectivity index (χ1n) is 10.1. The molecule has 164 valence electrons. The van der Waals surface area contributed by atoms with E-state index in [9.17, 15) is 0 Å². The number of fused-ring (bicyclic) bond motifs is 2. The van der Waals surface area contributed by atoms with Crippen LogP contribution in [0.5, 0.6) is 11.5 Å². The Morgan fingerprint density at radius 1 is 0.710 bits per heavy atom. The fraction of sp³-hybridized carbons (Fsp3) is 0.360. The summed E-state index contributed by atoms with van der Waals surface area (Å²) in [5.41, 5.74) is 5.01. The van der Waals surface area contributed by atoms with Crippen molar-refractivity contribution in [2.75, 3.05) is 0 Å². The van der Waals surface area contributed by atoms with E-state index in [1.165, 1.54) is 27.1 Å². The van der Waals surface area contributed by atoms with Crippen molar-refractivity contribution in [1.82, 2.24) is 0 Å². The van der Waals surface area contributed by atoms with Gasteiger partial charge in [0.05, 0.1) is 0 Å². The fourth-order valence-corrected chi connectivity index (χ4v) is 5.91. The van der Waals surface area contributed by atoms with Crippen molar-refractivity contribution in [3.05, 3.63) is 81.0 Å². The summed E-state index contributed by atoms with van der Waals surface area (Å²) in [6.07, 6.45) is 0. The van der Waals surface area contributed by atoms with Crippen LogP contribution in [0.1, 0.15) is 74.6 Å². The zero-order valence-corrected chi connectivity index (χ0v) is 22.6. The molecule has 0 fully saturated rings. The molecule has 0 bridgehead atoms. The molecule has 1 aromatic heterocycles. The van der Waals surface area contributed by atoms with E-state index in [2.05, 4.69) is 95.5 Å². The van der Waals surface area contributed by atoms with Gasteiger partial charge in [0.1, 0.15) is 0 Å². The second-order valence-corrected chi connectivity index (χ2v) is 11.6. The van der Waals surface area contributed by atoms with Crippen molar-refractivity contribution >= 4 is 11.3 Å². The SMILES string of the molecule is CC(C)(C)c1cccc2c1[O][Ti+2][O]c1c(cccc1C(C)(C)C)C2c1cccs1.[Cl-].[Cl-]. The molecule has 2 aromatic carbocycles. The van der Waals surface area contributed by atoms with Gasteiger partial charge in [0.2, 0.25) is 0 Å². The molecular formula is C25H28Cl2O2STi. The fourth-order valence-electron chi connectivity index (χ4n) is 4.01. The molecule has 6 heteroatoms. The molecule has 0 spiro atoms. The molecule has 2 nitrogen and oxygen atoms in total. The summed E-state index contributed by atoms with van der Waals surface area (Å²) in [5, 5.41) is 2.16. The standard InChI is InChI=1S/C25H30O2S.2ClH.Ti/c1-24(2,3)18-12-7-10-16(22(18)26)21(20-14-9-15-28-20)17-11-8-13-19(23(17)27)25(4,5)6;;;/h7-15,21,26-27H,1-6H3;2*1H;/q;;;+4/p-4. The summed E-state index contributed by atoms with van der Waals surface area (Å²) < 4.78 is 12.9. The maximum Gasteiger partial charge on any atom is -1.00 e. The van der Waals surface area contributed by atoms with Crippen molar-refractivity contribution in [3.63, 3.8) is 0 Å². The first kappa shape index (κ1) is 26.3. The second-order valence-electron chi connectivity index (χ2n) is 9.68. The molecule has 1 aliphatic heterocycles. The van der Waals surface area contributed by atoms with Crippen LogP contribution in [0.4, 0.5) is 0 Å². The van der Waals surface area contributed by atoms with Crippen molar-refractivity contribution in [1.29, 1.82) is 0 Å². The monoisotopic (exact) mass is 510 g/mol. The van der Waals surface area contributed by atoms with Gasteiger partial charge < -0.3 is 24.8 Å². The van der Waals surface area contributed by atoms with Crippen LogP contribution in [0, 0.1) is 0 Å². The Kier molecular flexibility index (Phi) is 8.39. The Labute approximate surface area is 212 Å². The number of thiophene rings is 1. The number of halogens is 2. The molecule has 0 amide bonds. The number of para-hydroxylation sites is 2. The van der Waals surface area contributed by atoms with Crippen LogP contribution in [0.25, 0.3) is 0 Å². The predicted octanol–water partition coefficient (Wildman–Crippen LogP) is 1.22. The topological polar surface area (TPSA) is 18.5 Å². The zero-order chi connectivity index (χ0) is 20.8. The van der Waals surface area contributed by atoms with E-state index in [-0.39, 0.29) is 41.6 Å². The summed E-state index contributed by atoms with van der Waals surface area (Å²) >= 11 is 0.731. The summed E-state index contributed by atoms with van der Waals surface area (Å²) in [7, 11) is 0. The molecule has 1 aliphatic rings. The van der Waals surface area contributed by atoms with E-state index < -0.39 is 19.9 Å². The molecule has 0 aliphatic carbocycles. The van der Waals surface area contributed by atoms with E-state index >= 15 is 0 Å². The predicted molar refractivity (Wildman–Crippen MR) is 117 cm³/mol. The number of benzene rings is 2. The quantitative estimate of drug-likeness (QED) is 0.458. The summed E-state index contributed by atoms with van der Waals surface area (Å²) in [5.74, 6) is 2.15. The van der Waals surface area contributed by atoms with E-state index in [0.29, 0.717) is 0 Å². The summed E-state index contributed by atoms with van der Waals surface area (Å²) in [4.78, 5) is 1.32. The van der Waals surface area contributed by atoms with Crippen LogP contribution >= 0.6 is 11.3 Å². The van der Waals surface area contributed by atoms with Gasteiger partial charge in [0.15, 0.2) is 0 Å². The van der Waals surface area contributed by atoms with E-state index in [1.807, 2.05) is 0 Å². The first-order valence-corrected chi connectivity index (χ1v) is 12.2. The summed E-state index contributed by atoms with van der Waals surface area (Å²) in [6, 6.07) is 17.6. The molecule has 0 saturated heterocycles. The van der Waals surface area contributed by atoms with Gasteiger partial charge in [-0.3, -0.25) is 0 Å².